The second kappa shape index (κ2) is 4.85. The minimum atomic E-state index is -0.910. The molecule has 1 aromatic carbocycles. The lowest BCUT2D eigenvalue weighted by Crippen LogP contribution is -2.12. The van der Waals surface area contributed by atoms with Crippen LogP contribution < -0.4 is 10.1 Å². The molecule has 0 saturated heterocycles. The van der Waals surface area contributed by atoms with Crippen molar-refractivity contribution in [2.24, 2.45) is 0 Å². The van der Waals surface area contributed by atoms with Gasteiger partial charge in [-0.25, -0.2) is 0 Å². The summed E-state index contributed by atoms with van der Waals surface area (Å²) < 4.78 is 5.92. The number of rotatable bonds is 4. The summed E-state index contributed by atoms with van der Waals surface area (Å²) in [6.07, 6.45) is 0. The monoisotopic (exact) mass is 259 g/mol. The van der Waals surface area contributed by atoms with Gasteiger partial charge in [0.15, 0.2) is 0 Å². The van der Waals surface area contributed by atoms with Gasteiger partial charge in [0.2, 0.25) is 0 Å². The number of hydrogen-bond acceptors (Lipinski definition) is 3. The van der Waals surface area contributed by atoms with Crippen LogP contribution in [-0.2, 0) is 4.79 Å². The second-order valence-corrected chi connectivity index (χ2v) is 3.51. The SMILES string of the molecule is COc1ccc(Br)cc1NCC(=O)O. The fourth-order valence-corrected chi connectivity index (χ4v) is 1.35. The van der Waals surface area contributed by atoms with Gasteiger partial charge in [-0.3, -0.25) is 4.79 Å². The maximum atomic E-state index is 10.3. The third kappa shape index (κ3) is 2.92. The van der Waals surface area contributed by atoms with Crippen molar-refractivity contribution >= 4 is 27.6 Å². The molecule has 0 atom stereocenters. The molecule has 0 saturated carbocycles. The average molecular weight is 260 g/mol. The summed E-state index contributed by atoms with van der Waals surface area (Å²) in [5, 5.41) is 11.2. The predicted molar refractivity (Wildman–Crippen MR) is 56.8 cm³/mol. The molecule has 2 N–H and O–H groups in total. The van der Waals surface area contributed by atoms with Gasteiger partial charge >= 0.3 is 5.97 Å². The first kappa shape index (κ1) is 10.8. The summed E-state index contributed by atoms with van der Waals surface area (Å²) >= 11 is 3.29. The van der Waals surface area contributed by atoms with Gasteiger partial charge < -0.3 is 15.2 Å². The van der Waals surface area contributed by atoms with Crippen molar-refractivity contribution in [3.05, 3.63) is 22.7 Å². The van der Waals surface area contributed by atoms with E-state index in [1.54, 1.807) is 12.1 Å². The van der Waals surface area contributed by atoms with E-state index in [1.165, 1.54) is 7.11 Å². The van der Waals surface area contributed by atoms with E-state index < -0.39 is 5.97 Å². The molecule has 0 aromatic heterocycles. The topological polar surface area (TPSA) is 58.6 Å². The lowest BCUT2D eigenvalue weighted by atomic mass is 10.3. The van der Waals surface area contributed by atoms with E-state index in [0.29, 0.717) is 11.4 Å². The summed E-state index contributed by atoms with van der Waals surface area (Å²) in [6.45, 7) is -0.132. The van der Waals surface area contributed by atoms with Crippen LogP contribution in [0.4, 0.5) is 5.69 Å². The summed E-state index contributed by atoms with van der Waals surface area (Å²) in [7, 11) is 1.54. The van der Waals surface area contributed by atoms with Crippen LogP contribution >= 0.6 is 15.9 Å². The number of halogens is 1. The lowest BCUT2D eigenvalue weighted by molar-refractivity contribution is -0.134. The summed E-state index contributed by atoms with van der Waals surface area (Å²) in [5.74, 6) is -0.290. The van der Waals surface area contributed by atoms with E-state index in [4.69, 9.17) is 9.84 Å². The molecule has 0 fully saturated rings. The third-order valence-electron chi connectivity index (χ3n) is 1.59. The van der Waals surface area contributed by atoms with Crippen LogP contribution in [0.5, 0.6) is 5.75 Å². The molecule has 14 heavy (non-hydrogen) atoms. The lowest BCUT2D eigenvalue weighted by Gasteiger charge is -2.09. The molecule has 0 radical (unpaired) electrons. The van der Waals surface area contributed by atoms with E-state index >= 15 is 0 Å². The van der Waals surface area contributed by atoms with Gasteiger partial charge in [0.05, 0.1) is 12.8 Å². The highest BCUT2D eigenvalue weighted by Gasteiger charge is 2.04. The van der Waals surface area contributed by atoms with Crippen LogP contribution in [-0.4, -0.2) is 24.7 Å². The normalized spacial score (nSPS) is 9.57. The van der Waals surface area contributed by atoms with Crippen molar-refractivity contribution in [1.29, 1.82) is 0 Å². The zero-order valence-corrected chi connectivity index (χ0v) is 9.17. The summed E-state index contributed by atoms with van der Waals surface area (Å²) in [4.78, 5) is 10.3. The number of carboxylic acids is 1. The quantitative estimate of drug-likeness (QED) is 0.868. The van der Waals surface area contributed by atoms with E-state index in [2.05, 4.69) is 21.2 Å². The number of aliphatic carboxylic acids is 1. The Morgan fingerprint density at radius 3 is 2.93 bits per heavy atom. The van der Waals surface area contributed by atoms with Crippen molar-refractivity contribution in [1.82, 2.24) is 0 Å². The number of ether oxygens (including phenoxy) is 1. The van der Waals surface area contributed by atoms with Crippen molar-refractivity contribution in [2.75, 3.05) is 19.0 Å². The van der Waals surface area contributed by atoms with Crippen molar-refractivity contribution in [3.63, 3.8) is 0 Å². The van der Waals surface area contributed by atoms with Gasteiger partial charge in [-0.15, -0.1) is 0 Å². The third-order valence-corrected chi connectivity index (χ3v) is 2.08. The first-order valence-electron chi connectivity index (χ1n) is 3.92. The molecule has 1 rings (SSSR count). The van der Waals surface area contributed by atoms with Crippen LogP contribution in [0.1, 0.15) is 0 Å². The van der Waals surface area contributed by atoms with E-state index in [0.717, 1.165) is 4.47 Å². The molecule has 0 aliphatic heterocycles. The fraction of sp³-hybridized carbons (Fsp3) is 0.222. The smallest absolute Gasteiger partial charge is 0.322 e. The number of hydrogen-bond donors (Lipinski definition) is 2. The summed E-state index contributed by atoms with van der Waals surface area (Å²) in [5.41, 5.74) is 0.657. The fourth-order valence-electron chi connectivity index (χ4n) is 0.989. The Balaban J connectivity index is 2.82. The molecule has 0 aliphatic rings. The van der Waals surface area contributed by atoms with Crippen LogP contribution in [0.2, 0.25) is 0 Å². The zero-order chi connectivity index (χ0) is 10.6. The molecule has 0 bridgehead atoms. The molecule has 0 unspecified atom stereocenters. The molecular formula is C9H10BrNO3. The molecule has 0 aliphatic carbocycles. The first-order valence-corrected chi connectivity index (χ1v) is 4.72. The first-order chi connectivity index (χ1) is 6.63. The molecule has 0 heterocycles. The highest BCUT2D eigenvalue weighted by atomic mass is 79.9. The van der Waals surface area contributed by atoms with Crippen LogP contribution in [0.25, 0.3) is 0 Å². The maximum absolute atomic E-state index is 10.3. The van der Waals surface area contributed by atoms with Crippen molar-refractivity contribution in [2.45, 2.75) is 0 Å². The standard InChI is InChI=1S/C9H10BrNO3/c1-14-8-3-2-6(10)4-7(8)11-5-9(12)13/h2-4,11H,5H2,1H3,(H,12,13). The van der Waals surface area contributed by atoms with Gasteiger partial charge in [0, 0.05) is 4.47 Å². The van der Waals surface area contributed by atoms with Gasteiger partial charge in [-0.05, 0) is 18.2 Å². The number of carbonyl (C=O) groups is 1. The molecule has 0 spiro atoms. The second-order valence-electron chi connectivity index (χ2n) is 2.59. The maximum Gasteiger partial charge on any atom is 0.322 e. The minimum absolute atomic E-state index is 0.132. The molecule has 4 nitrogen and oxygen atoms in total. The Morgan fingerprint density at radius 2 is 2.36 bits per heavy atom. The van der Waals surface area contributed by atoms with Crippen molar-refractivity contribution in [3.8, 4) is 5.75 Å². The Hall–Kier alpha value is -1.23. The molecule has 76 valence electrons. The predicted octanol–water partition coefficient (Wildman–Crippen LogP) is 1.95. The molecule has 5 heteroatoms. The Kier molecular flexibility index (Phi) is 3.76. The molecule has 1 aromatic rings. The van der Waals surface area contributed by atoms with Gasteiger partial charge in [0.1, 0.15) is 12.3 Å². The highest BCUT2D eigenvalue weighted by Crippen LogP contribution is 2.27. The number of carboxylic acid groups (broad SMARTS) is 1. The Morgan fingerprint density at radius 1 is 1.64 bits per heavy atom. The Bertz CT molecular complexity index is 341. The van der Waals surface area contributed by atoms with Crippen LogP contribution in [0, 0.1) is 0 Å². The molecule has 0 amide bonds. The van der Waals surface area contributed by atoms with Crippen LogP contribution in [0.3, 0.4) is 0 Å². The number of methoxy groups -OCH3 is 1. The van der Waals surface area contributed by atoms with Crippen LogP contribution in [0.15, 0.2) is 22.7 Å². The number of benzene rings is 1. The number of nitrogens with one attached hydrogen (secondary N) is 1. The Labute approximate surface area is 90.0 Å². The average Bonchev–Trinajstić information content (AvgIpc) is 2.15. The minimum Gasteiger partial charge on any atom is -0.495 e. The van der Waals surface area contributed by atoms with E-state index in [9.17, 15) is 4.79 Å². The zero-order valence-electron chi connectivity index (χ0n) is 7.58. The van der Waals surface area contributed by atoms with E-state index in [-0.39, 0.29) is 6.54 Å². The van der Waals surface area contributed by atoms with E-state index in [1.807, 2.05) is 6.07 Å². The van der Waals surface area contributed by atoms with Gasteiger partial charge in [0.25, 0.3) is 0 Å². The molecular weight excluding hydrogens is 250 g/mol. The number of anilines is 1. The highest BCUT2D eigenvalue weighted by molar-refractivity contribution is 9.10. The van der Waals surface area contributed by atoms with Crippen molar-refractivity contribution < 1.29 is 14.6 Å². The van der Waals surface area contributed by atoms with Gasteiger partial charge in [-0.2, -0.15) is 0 Å². The van der Waals surface area contributed by atoms with Gasteiger partial charge in [-0.1, -0.05) is 15.9 Å². The largest absolute Gasteiger partial charge is 0.495 e. The summed E-state index contributed by atoms with van der Waals surface area (Å²) in [6, 6.07) is 5.35.